The maximum atomic E-state index is 13.7. The topological polar surface area (TPSA) is 55.5 Å². The minimum atomic E-state index is -0.838. The van der Waals surface area contributed by atoms with Crippen LogP contribution in [0.3, 0.4) is 0 Å². The van der Waals surface area contributed by atoms with Gasteiger partial charge >= 0.3 is 0 Å². The molecule has 0 saturated heterocycles. The quantitative estimate of drug-likeness (QED) is 0.882. The Balaban J connectivity index is 2.13. The predicted molar refractivity (Wildman–Crippen MR) is 75.8 cm³/mol. The monoisotopic (exact) mass is 275 g/mol. The van der Waals surface area contributed by atoms with Crippen molar-refractivity contribution >= 4 is 0 Å². The number of aliphatic hydroxyl groups excluding tert-OH is 1. The standard InChI is InChI=1S/C16H18FNO2/c1-11(18)16(19)13-7-8-14(17)15(9-13)20-10-12-5-3-2-4-6-12/h2-9,11,16,19H,10,18H2,1H3/t11-,16-/m1/s1. The summed E-state index contributed by atoms with van der Waals surface area (Å²) in [5.74, 6) is -0.340. The number of benzene rings is 2. The molecule has 2 atom stereocenters. The van der Waals surface area contributed by atoms with Crippen LogP contribution in [0, 0.1) is 5.82 Å². The smallest absolute Gasteiger partial charge is 0.165 e. The van der Waals surface area contributed by atoms with E-state index in [0.717, 1.165) is 5.56 Å². The van der Waals surface area contributed by atoms with Gasteiger partial charge in [-0.15, -0.1) is 0 Å². The number of hydrogen-bond donors (Lipinski definition) is 2. The van der Waals surface area contributed by atoms with Gasteiger partial charge in [-0.1, -0.05) is 36.4 Å². The molecular formula is C16H18FNO2. The summed E-state index contributed by atoms with van der Waals surface area (Å²) >= 11 is 0. The lowest BCUT2D eigenvalue weighted by atomic mass is 10.0. The average molecular weight is 275 g/mol. The minimum absolute atomic E-state index is 0.117. The normalized spacial score (nSPS) is 13.8. The van der Waals surface area contributed by atoms with E-state index in [1.807, 2.05) is 30.3 Å². The van der Waals surface area contributed by atoms with Crippen LogP contribution in [-0.2, 0) is 6.61 Å². The Bertz CT molecular complexity index is 558. The fourth-order valence-corrected chi connectivity index (χ4v) is 1.85. The highest BCUT2D eigenvalue weighted by Crippen LogP contribution is 2.25. The maximum absolute atomic E-state index is 13.7. The zero-order chi connectivity index (χ0) is 14.5. The van der Waals surface area contributed by atoms with Crippen molar-refractivity contribution in [3.63, 3.8) is 0 Å². The number of aliphatic hydroxyl groups is 1. The Hall–Kier alpha value is -1.91. The molecule has 0 unspecified atom stereocenters. The summed E-state index contributed by atoms with van der Waals surface area (Å²) in [6, 6.07) is 13.4. The summed E-state index contributed by atoms with van der Waals surface area (Å²) in [5.41, 5.74) is 7.13. The second kappa shape index (κ2) is 6.50. The van der Waals surface area contributed by atoms with E-state index >= 15 is 0 Å². The van der Waals surface area contributed by atoms with Crippen LogP contribution in [0.25, 0.3) is 0 Å². The van der Waals surface area contributed by atoms with E-state index in [2.05, 4.69) is 0 Å². The van der Waals surface area contributed by atoms with Gasteiger partial charge in [0, 0.05) is 6.04 Å². The molecule has 106 valence electrons. The Kier molecular flexibility index (Phi) is 4.71. The fourth-order valence-electron chi connectivity index (χ4n) is 1.85. The van der Waals surface area contributed by atoms with Crippen LogP contribution in [0.5, 0.6) is 5.75 Å². The molecular weight excluding hydrogens is 257 g/mol. The molecule has 0 aliphatic heterocycles. The predicted octanol–water partition coefficient (Wildman–Crippen LogP) is 2.79. The number of halogens is 1. The molecule has 3 nitrogen and oxygen atoms in total. The van der Waals surface area contributed by atoms with Crippen LogP contribution in [0.1, 0.15) is 24.2 Å². The molecule has 2 aromatic carbocycles. The third-order valence-corrected chi connectivity index (χ3v) is 3.03. The van der Waals surface area contributed by atoms with Crippen molar-refractivity contribution in [3.8, 4) is 5.75 Å². The Morgan fingerprint density at radius 2 is 1.90 bits per heavy atom. The second-order valence-corrected chi connectivity index (χ2v) is 4.77. The van der Waals surface area contributed by atoms with E-state index in [0.29, 0.717) is 5.56 Å². The van der Waals surface area contributed by atoms with E-state index in [1.54, 1.807) is 6.92 Å². The van der Waals surface area contributed by atoms with E-state index in [1.165, 1.54) is 18.2 Å². The summed E-state index contributed by atoms with van der Waals surface area (Å²) < 4.78 is 19.2. The highest BCUT2D eigenvalue weighted by molar-refractivity contribution is 5.32. The van der Waals surface area contributed by atoms with Crippen LogP contribution in [0.15, 0.2) is 48.5 Å². The Labute approximate surface area is 117 Å². The molecule has 20 heavy (non-hydrogen) atoms. The van der Waals surface area contributed by atoms with Gasteiger partial charge in [0.1, 0.15) is 6.61 Å². The third kappa shape index (κ3) is 3.56. The zero-order valence-corrected chi connectivity index (χ0v) is 11.3. The van der Waals surface area contributed by atoms with Crippen molar-refractivity contribution in [2.75, 3.05) is 0 Å². The number of nitrogens with two attached hydrogens (primary N) is 1. The molecule has 0 spiro atoms. The second-order valence-electron chi connectivity index (χ2n) is 4.77. The maximum Gasteiger partial charge on any atom is 0.165 e. The first kappa shape index (κ1) is 14.5. The summed E-state index contributed by atoms with van der Waals surface area (Å²) in [7, 11) is 0. The number of ether oxygens (including phenoxy) is 1. The lowest BCUT2D eigenvalue weighted by molar-refractivity contribution is 0.152. The Morgan fingerprint density at radius 3 is 2.55 bits per heavy atom. The van der Waals surface area contributed by atoms with Crippen molar-refractivity contribution in [1.82, 2.24) is 0 Å². The van der Waals surface area contributed by atoms with E-state index in [9.17, 15) is 9.50 Å². The van der Waals surface area contributed by atoms with Gasteiger partial charge in [-0.2, -0.15) is 0 Å². The first-order valence-corrected chi connectivity index (χ1v) is 6.47. The molecule has 0 saturated carbocycles. The van der Waals surface area contributed by atoms with Crippen LogP contribution in [0.2, 0.25) is 0 Å². The molecule has 0 radical (unpaired) electrons. The largest absolute Gasteiger partial charge is 0.486 e. The zero-order valence-electron chi connectivity index (χ0n) is 11.3. The first-order chi connectivity index (χ1) is 9.58. The molecule has 0 aliphatic carbocycles. The van der Waals surface area contributed by atoms with Gasteiger partial charge in [-0.3, -0.25) is 0 Å². The van der Waals surface area contributed by atoms with Gasteiger partial charge in [0.2, 0.25) is 0 Å². The molecule has 0 aliphatic rings. The van der Waals surface area contributed by atoms with Gasteiger partial charge in [0.15, 0.2) is 11.6 Å². The molecule has 3 N–H and O–H groups in total. The summed E-state index contributed by atoms with van der Waals surface area (Å²) in [6.45, 7) is 1.97. The van der Waals surface area contributed by atoms with Crippen molar-refractivity contribution in [2.24, 2.45) is 5.73 Å². The molecule has 0 bridgehead atoms. The van der Waals surface area contributed by atoms with Crippen LogP contribution < -0.4 is 10.5 Å². The van der Waals surface area contributed by atoms with Crippen molar-refractivity contribution in [2.45, 2.75) is 25.7 Å². The molecule has 2 rings (SSSR count). The van der Waals surface area contributed by atoms with Crippen molar-refractivity contribution in [3.05, 3.63) is 65.5 Å². The molecule has 4 heteroatoms. The third-order valence-electron chi connectivity index (χ3n) is 3.03. The van der Waals surface area contributed by atoms with Gasteiger partial charge in [-0.25, -0.2) is 4.39 Å². The number of hydrogen-bond acceptors (Lipinski definition) is 3. The lowest BCUT2D eigenvalue weighted by Gasteiger charge is -2.16. The van der Waals surface area contributed by atoms with Gasteiger partial charge < -0.3 is 15.6 Å². The lowest BCUT2D eigenvalue weighted by Crippen LogP contribution is -2.24. The van der Waals surface area contributed by atoms with Gasteiger partial charge in [0.25, 0.3) is 0 Å². The van der Waals surface area contributed by atoms with Crippen LogP contribution in [-0.4, -0.2) is 11.1 Å². The van der Waals surface area contributed by atoms with Crippen LogP contribution >= 0.6 is 0 Å². The van der Waals surface area contributed by atoms with Crippen LogP contribution in [0.4, 0.5) is 4.39 Å². The Morgan fingerprint density at radius 1 is 1.20 bits per heavy atom. The molecule has 2 aromatic rings. The average Bonchev–Trinajstić information content (AvgIpc) is 2.46. The molecule has 0 fully saturated rings. The summed E-state index contributed by atoms with van der Waals surface area (Å²) in [6.07, 6.45) is -0.838. The van der Waals surface area contributed by atoms with Gasteiger partial charge in [-0.05, 0) is 30.2 Å². The molecule has 0 aromatic heterocycles. The van der Waals surface area contributed by atoms with E-state index in [-0.39, 0.29) is 12.4 Å². The first-order valence-electron chi connectivity index (χ1n) is 6.47. The molecule has 0 amide bonds. The fraction of sp³-hybridized carbons (Fsp3) is 0.250. The summed E-state index contributed by atoms with van der Waals surface area (Å²) in [5, 5.41) is 9.90. The number of rotatable bonds is 5. The minimum Gasteiger partial charge on any atom is -0.486 e. The summed E-state index contributed by atoms with van der Waals surface area (Å²) in [4.78, 5) is 0. The van der Waals surface area contributed by atoms with E-state index < -0.39 is 18.0 Å². The van der Waals surface area contributed by atoms with Crippen molar-refractivity contribution in [1.29, 1.82) is 0 Å². The SMILES string of the molecule is C[C@@H](N)[C@@H](O)c1ccc(F)c(OCc2ccccc2)c1. The molecule has 0 heterocycles. The van der Waals surface area contributed by atoms with Crippen molar-refractivity contribution < 1.29 is 14.2 Å². The highest BCUT2D eigenvalue weighted by Gasteiger charge is 2.15. The van der Waals surface area contributed by atoms with Gasteiger partial charge in [0.05, 0.1) is 6.10 Å². The van der Waals surface area contributed by atoms with E-state index in [4.69, 9.17) is 10.5 Å². The highest BCUT2D eigenvalue weighted by atomic mass is 19.1.